The van der Waals surface area contributed by atoms with Crippen molar-refractivity contribution in [2.75, 3.05) is 60.9 Å². The van der Waals surface area contributed by atoms with E-state index in [-0.39, 0.29) is 18.3 Å². The molecule has 1 saturated carbocycles. The van der Waals surface area contributed by atoms with Crippen molar-refractivity contribution in [3.05, 3.63) is 36.8 Å². The number of rotatable bonds is 5. The Balaban J connectivity index is 1.18. The number of pyridine rings is 2. The second-order valence-electron chi connectivity index (χ2n) is 10.1. The third-order valence-corrected chi connectivity index (χ3v) is 7.66. The summed E-state index contributed by atoms with van der Waals surface area (Å²) in [5.74, 6) is -0.682. The van der Waals surface area contributed by atoms with Crippen LogP contribution in [0.2, 0.25) is 0 Å². The van der Waals surface area contributed by atoms with E-state index in [0.717, 1.165) is 61.6 Å². The van der Waals surface area contributed by atoms with E-state index in [4.69, 9.17) is 4.98 Å². The Morgan fingerprint density at radius 3 is 2.49 bits per heavy atom. The lowest BCUT2D eigenvalue weighted by atomic mass is 9.65. The van der Waals surface area contributed by atoms with Crippen LogP contribution in [0.4, 0.5) is 32.1 Å². The molecule has 3 fully saturated rings. The van der Waals surface area contributed by atoms with Gasteiger partial charge >= 0.3 is 0 Å². The summed E-state index contributed by atoms with van der Waals surface area (Å²) >= 11 is 0. The molecular weight excluding hydrogens is 450 g/mol. The summed E-state index contributed by atoms with van der Waals surface area (Å²) in [6.45, 7) is 8.73. The lowest BCUT2D eigenvalue weighted by Crippen LogP contribution is -2.47. The van der Waals surface area contributed by atoms with E-state index in [0.29, 0.717) is 24.9 Å². The van der Waals surface area contributed by atoms with E-state index in [1.54, 1.807) is 12.4 Å². The predicted octanol–water partition coefficient (Wildman–Crippen LogP) is 3.93. The van der Waals surface area contributed by atoms with Crippen LogP contribution in [-0.4, -0.2) is 76.6 Å². The fraction of sp³-hybridized carbons (Fsp3) is 0.520. The minimum Gasteiger partial charge on any atom is -0.368 e. The second-order valence-corrected chi connectivity index (χ2v) is 10.1. The highest BCUT2D eigenvalue weighted by Gasteiger charge is 2.58. The van der Waals surface area contributed by atoms with Gasteiger partial charge in [0.05, 0.1) is 11.9 Å². The summed E-state index contributed by atoms with van der Waals surface area (Å²) in [7, 11) is 0. The topological polar surface area (TPSA) is 73.3 Å². The average Bonchev–Trinajstić information content (AvgIpc) is 3.27. The van der Waals surface area contributed by atoms with Gasteiger partial charge in [-0.05, 0) is 31.2 Å². The highest BCUT2D eigenvalue weighted by atomic mass is 19.3. The van der Waals surface area contributed by atoms with Crippen LogP contribution < -0.4 is 15.1 Å². The van der Waals surface area contributed by atoms with Gasteiger partial charge in [-0.25, -0.2) is 28.7 Å². The molecule has 8 nitrogen and oxygen atoms in total. The van der Waals surface area contributed by atoms with Gasteiger partial charge in [-0.3, -0.25) is 0 Å². The molecule has 6 rings (SSSR count). The highest BCUT2D eigenvalue weighted by Crippen LogP contribution is 2.57. The third kappa shape index (κ3) is 4.35. The average molecular weight is 481 g/mol. The van der Waals surface area contributed by atoms with Gasteiger partial charge in [-0.1, -0.05) is 6.92 Å². The van der Waals surface area contributed by atoms with Crippen LogP contribution in [0.3, 0.4) is 0 Å². The number of halogens is 2. The third-order valence-electron chi connectivity index (χ3n) is 7.66. The Hall–Kier alpha value is -3.14. The van der Waals surface area contributed by atoms with Gasteiger partial charge < -0.3 is 20.0 Å². The fourth-order valence-electron chi connectivity index (χ4n) is 5.77. The first-order chi connectivity index (χ1) is 16.9. The van der Waals surface area contributed by atoms with Crippen molar-refractivity contribution >= 4 is 34.2 Å². The van der Waals surface area contributed by atoms with Crippen LogP contribution in [-0.2, 0) is 0 Å². The van der Waals surface area contributed by atoms with Crippen molar-refractivity contribution in [1.82, 2.24) is 24.8 Å². The molecule has 35 heavy (non-hydrogen) atoms. The van der Waals surface area contributed by atoms with E-state index >= 15 is 0 Å². The maximum Gasteiger partial charge on any atom is 0.249 e. The summed E-state index contributed by atoms with van der Waals surface area (Å²) in [5.41, 5.74) is 1.54. The van der Waals surface area contributed by atoms with E-state index in [9.17, 15) is 8.78 Å². The predicted molar refractivity (Wildman–Crippen MR) is 133 cm³/mol. The zero-order valence-corrected chi connectivity index (χ0v) is 19.9. The molecule has 5 heterocycles. The molecule has 0 unspecified atom stereocenters. The van der Waals surface area contributed by atoms with Crippen LogP contribution in [0.1, 0.15) is 26.2 Å². The Bertz CT molecular complexity index is 1200. The molecule has 184 valence electrons. The lowest BCUT2D eigenvalue weighted by Gasteiger charge is -2.44. The molecule has 1 N–H and O–H groups in total. The Morgan fingerprint density at radius 2 is 1.77 bits per heavy atom. The molecule has 1 aliphatic carbocycles. The summed E-state index contributed by atoms with van der Waals surface area (Å²) in [6.07, 6.45) is 6.09. The number of aromatic nitrogens is 4. The SMILES string of the molecule is CCN1CCN(c2ccc(Nc3ncc4ccnc(N5CCC6(C5)CC(F)(F)C6)c4n3)nc2)CC1. The van der Waals surface area contributed by atoms with Gasteiger partial charge in [0.15, 0.2) is 5.82 Å². The number of nitrogens with one attached hydrogen (secondary N) is 1. The van der Waals surface area contributed by atoms with Gasteiger partial charge in [-0.2, -0.15) is 0 Å². The first-order valence-corrected chi connectivity index (χ1v) is 12.4. The number of anilines is 4. The molecule has 2 saturated heterocycles. The first kappa shape index (κ1) is 22.3. The molecule has 1 spiro atoms. The number of fused-ring (bicyclic) bond motifs is 1. The van der Waals surface area contributed by atoms with Gasteiger partial charge in [-0.15, -0.1) is 0 Å². The highest BCUT2D eigenvalue weighted by molar-refractivity contribution is 5.89. The van der Waals surface area contributed by atoms with Crippen LogP contribution in [0.5, 0.6) is 0 Å². The number of hydrogen-bond donors (Lipinski definition) is 1. The molecule has 3 aromatic rings. The number of hydrogen-bond acceptors (Lipinski definition) is 8. The van der Waals surface area contributed by atoms with Gasteiger partial charge in [0, 0.05) is 75.3 Å². The molecule has 0 amide bonds. The van der Waals surface area contributed by atoms with Gasteiger partial charge in [0.1, 0.15) is 11.3 Å². The van der Waals surface area contributed by atoms with Crippen LogP contribution >= 0.6 is 0 Å². The molecule has 3 aromatic heterocycles. The monoisotopic (exact) mass is 480 g/mol. The molecule has 0 aromatic carbocycles. The number of alkyl halides is 2. The summed E-state index contributed by atoms with van der Waals surface area (Å²) in [5, 5.41) is 4.07. The standard InChI is InChI=1S/C25H30F2N8/c1-2-33-9-11-34(12-10-33)19-3-4-20(29-14-19)31-23-30-13-18-5-7-28-22(21(18)32-23)35-8-6-24(17-35)15-25(26,27)16-24/h3-5,7,13-14H,2,6,8-12,15-17H2,1H3,(H,29,30,31,32). The largest absolute Gasteiger partial charge is 0.368 e. The van der Waals surface area contributed by atoms with Crippen molar-refractivity contribution in [3.8, 4) is 0 Å². The van der Waals surface area contributed by atoms with Crippen LogP contribution in [0.15, 0.2) is 36.8 Å². The van der Waals surface area contributed by atoms with Crippen LogP contribution in [0.25, 0.3) is 10.9 Å². The van der Waals surface area contributed by atoms with E-state index in [1.165, 1.54) is 0 Å². The van der Waals surface area contributed by atoms with Gasteiger partial charge in [0.2, 0.25) is 11.9 Å². The number of likely N-dealkylation sites (N-methyl/N-ethyl adjacent to an activating group) is 1. The van der Waals surface area contributed by atoms with Crippen LogP contribution in [0, 0.1) is 5.41 Å². The minimum absolute atomic E-state index is 0.0288. The lowest BCUT2D eigenvalue weighted by molar-refractivity contribution is -0.152. The van der Waals surface area contributed by atoms with E-state index < -0.39 is 5.92 Å². The zero-order chi connectivity index (χ0) is 24.0. The molecule has 2 aliphatic heterocycles. The van der Waals surface area contributed by atoms with Gasteiger partial charge in [0.25, 0.3) is 0 Å². The summed E-state index contributed by atoms with van der Waals surface area (Å²) < 4.78 is 27.1. The Labute approximate surface area is 203 Å². The first-order valence-electron chi connectivity index (χ1n) is 12.4. The molecular formula is C25H30F2N8. The Kier molecular flexibility index (Phi) is 5.43. The Morgan fingerprint density at radius 1 is 0.943 bits per heavy atom. The number of piperazine rings is 1. The van der Waals surface area contributed by atoms with Crippen molar-refractivity contribution in [2.45, 2.75) is 32.1 Å². The smallest absolute Gasteiger partial charge is 0.249 e. The normalized spacial score (nSPS) is 21.5. The molecule has 0 bridgehead atoms. The zero-order valence-electron chi connectivity index (χ0n) is 19.9. The molecule has 3 aliphatic rings. The number of nitrogens with zero attached hydrogens (tertiary/aromatic N) is 7. The van der Waals surface area contributed by atoms with Crippen molar-refractivity contribution in [3.63, 3.8) is 0 Å². The maximum absolute atomic E-state index is 13.6. The second kappa shape index (κ2) is 8.51. The summed E-state index contributed by atoms with van der Waals surface area (Å²) in [6, 6.07) is 5.89. The maximum atomic E-state index is 13.6. The van der Waals surface area contributed by atoms with Crippen molar-refractivity contribution in [1.29, 1.82) is 0 Å². The van der Waals surface area contributed by atoms with Crippen molar-refractivity contribution in [2.24, 2.45) is 5.41 Å². The molecule has 0 atom stereocenters. The molecule has 10 heteroatoms. The van der Waals surface area contributed by atoms with E-state index in [2.05, 4.69) is 48.0 Å². The fourth-order valence-corrected chi connectivity index (χ4v) is 5.77. The summed E-state index contributed by atoms with van der Waals surface area (Å²) in [4.78, 5) is 25.2. The van der Waals surface area contributed by atoms with Crippen molar-refractivity contribution < 1.29 is 8.78 Å². The quantitative estimate of drug-likeness (QED) is 0.589. The minimum atomic E-state index is -2.52. The molecule has 0 radical (unpaired) electrons. The van der Waals surface area contributed by atoms with E-state index in [1.807, 2.05) is 18.3 Å².